The van der Waals surface area contributed by atoms with Crippen LogP contribution in [-0.4, -0.2) is 36.9 Å². The highest BCUT2D eigenvalue weighted by molar-refractivity contribution is 7.99. The zero-order chi connectivity index (χ0) is 7.57. The van der Waals surface area contributed by atoms with Crippen LogP contribution in [0.15, 0.2) is 0 Å². The molecule has 0 aromatic heterocycles. The molecule has 2 nitrogen and oxygen atoms in total. The Balaban J connectivity index is 1.94. The quantitative estimate of drug-likeness (QED) is 0.551. The summed E-state index contributed by atoms with van der Waals surface area (Å²) in [6.07, 6.45) is 2.36. The van der Waals surface area contributed by atoms with Crippen molar-refractivity contribution in [1.82, 2.24) is 0 Å². The minimum absolute atomic E-state index is 0.0984. The van der Waals surface area contributed by atoms with E-state index in [2.05, 4.69) is 0 Å². The third-order valence-electron chi connectivity index (χ3n) is 2.29. The molecular formula is C8H14O2S. The molecule has 3 heteroatoms. The molecule has 2 heterocycles. The lowest BCUT2D eigenvalue weighted by atomic mass is 9.99. The van der Waals surface area contributed by atoms with Crippen LogP contribution in [0.5, 0.6) is 0 Å². The van der Waals surface area contributed by atoms with Gasteiger partial charge in [-0.1, -0.05) is 0 Å². The minimum atomic E-state index is 0.0984. The smallest absolute Gasteiger partial charge is 0.101 e. The van der Waals surface area contributed by atoms with E-state index in [-0.39, 0.29) is 5.60 Å². The molecule has 1 unspecified atom stereocenters. The zero-order valence-electron chi connectivity index (χ0n) is 6.67. The summed E-state index contributed by atoms with van der Waals surface area (Å²) in [5.41, 5.74) is 0.0984. The van der Waals surface area contributed by atoms with Crippen LogP contribution in [0, 0.1) is 0 Å². The van der Waals surface area contributed by atoms with Crippen LogP contribution < -0.4 is 0 Å². The SMILES string of the molecule is C1COCC2(C1)CSCCO2. The van der Waals surface area contributed by atoms with E-state index in [4.69, 9.17) is 9.47 Å². The number of hydrogen-bond donors (Lipinski definition) is 0. The highest BCUT2D eigenvalue weighted by atomic mass is 32.2. The Morgan fingerprint density at radius 1 is 1.27 bits per heavy atom. The molecule has 0 radical (unpaired) electrons. The van der Waals surface area contributed by atoms with E-state index in [1.807, 2.05) is 11.8 Å². The van der Waals surface area contributed by atoms with Crippen molar-refractivity contribution in [2.24, 2.45) is 0 Å². The van der Waals surface area contributed by atoms with Crippen LogP contribution in [0.4, 0.5) is 0 Å². The Kier molecular flexibility index (Phi) is 2.39. The molecule has 2 saturated heterocycles. The van der Waals surface area contributed by atoms with Crippen LogP contribution in [0.3, 0.4) is 0 Å². The van der Waals surface area contributed by atoms with Gasteiger partial charge in [0.05, 0.1) is 13.2 Å². The average molecular weight is 174 g/mol. The predicted octanol–water partition coefficient (Wildman–Crippen LogP) is 1.30. The van der Waals surface area contributed by atoms with Gasteiger partial charge < -0.3 is 9.47 Å². The van der Waals surface area contributed by atoms with Gasteiger partial charge in [0, 0.05) is 18.1 Å². The lowest BCUT2D eigenvalue weighted by Gasteiger charge is -2.39. The Labute approximate surface area is 71.6 Å². The molecule has 0 amide bonds. The molecule has 1 atom stereocenters. The molecule has 64 valence electrons. The molecule has 2 fully saturated rings. The third-order valence-corrected chi connectivity index (χ3v) is 3.47. The highest BCUT2D eigenvalue weighted by Crippen LogP contribution is 2.30. The molecule has 2 aliphatic heterocycles. The summed E-state index contributed by atoms with van der Waals surface area (Å²) in [7, 11) is 0. The van der Waals surface area contributed by atoms with Gasteiger partial charge in [-0.25, -0.2) is 0 Å². The van der Waals surface area contributed by atoms with Crippen molar-refractivity contribution in [1.29, 1.82) is 0 Å². The highest BCUT2D eigenvalue weighted by Gasteiger charge is 2.35. The van der Waals surface area contributed by atoms with Crippen LogP contribution in [0.2, 0.25) is 0 Å². The van der Waals surface area contributed by atoms with Gasteiger partial charge in [0.1, 0.15) is 5.60 Å². The Hall–Kier alpha value is 0.270. The summed E-state index contributed by atoms with van der Waals surface area (Å²) >= 11 is 2.00. The van der Waals surface area contributed by atoms with Crippen molar-refractivity contribution >= 4 is 11.8 Å². The number of hydrogen-bond acceptors (Lipinski definition) is 3. The Morgan fingerprint density at radius 3 is 2.91 bits per heavy atom. The van der Waals surface area contributed by atoms with E-state index < -0.39 is 0 Å². The lowest BCUT2D eigenvalue weighted by Crippen LogP contribution is -2.46. The van der Waals surface area contributed by atoms with E-state index in [9.17, 15) is 0 Å². The molecule has 1 spiro atoms. The molecule has 0 aliphatic carbocycles. The first-order valence-corrected chi connectivity index (χ1v) is 5.36. The fourth-order valence-electron chi connectivity index (χ4n) is 1.67. The maximum atomic E-state index is 5.76. The molecule has 0 aromatic rings. The van der Waals surface area contributed by atoms with Gasteiger partial charge in [-0.3, -0.25) is 0 Å². The first kappa shape index (κ1) is 7.90. The van der Waals surface area contributed by atoms with Gasteiger partial charge in [-0.15, -0.1) is 0 Å². The van der Waals surface area contributed by atoms with E-state index in [0.717, 1.165) is 31.3 Å². The van der Waals surface area contributed by atoms with E-state index in [1.165, 1.54) is 12.8 Å². The zero-order valence-corrected chi connectivity index (χ0v) is 7.49. The number of rotatable bonds is 0. The van der Waals surface area contributed by atoms with Crippen LogP contribution in [0.1, 0.15) is 12.8 Å². The second kappa shape index (κ2) is 3.33. The Bertz CT molecular complexity index is 107. The fourth-order valence-corrected chi connectivity index (χ4v) is 2.70. The largest absolute Gasteiger partial charge is 0.378 e. The van der Waals surface area contributed by atoms with Crippen LogP contribution in [-0.2, 0) is 9.47 Å². The first-order valence-electron chi connectivity index (χ1n) is 4.21. The lowest BCUT2D eigenvalue weighted by molar-refractivity contribution is -0.113. The van der Waals surface area contributed by atoms with E-state index in [1.54, 1.807) is 0 Å². The molecule has 11 heavy (non-hydrogen) atoms. The molecule has 0 bridgehead atoms. The molecule has 2 rings (SSSR count). The van der Waals surface area contributed by atoms with Crippen molar-refractivity contribution < 1.29 is 9.47 Å². The summed E-state index contributed by atoms with van der Waals surface area (Å²) in [5, 5.41) is 0. The van der Waals surface area contributed by atoms with Crippen LogP contribution >= 0.6 is 11.8 Å². The maximum absolute atomic E-state index is 5.76. The normalized spacial score (nSPS) is 39.3. The van der Waals surface area contributed by atoms with Crippen molar-refractivity contribution in [2.45, 2.75) is 18.4 Å². The number of ether oxygens (including phenoxy) is 2. The van der Waals surface area contributed by atoms with Gasteiger partial charge in [-0.05, 0) is 12.8 Å². The second-order valence-electron chi connectivity index (χ2n) is 3.24. The predicted molar refractivity (Wildman–Crippen MR) is 46.1 cm³/mol. The van der Waals surface area contributed by atoms with Crippen molar-refractivity contribution in [3.05, 3.63) is 0 Å². The monoisotopic (exact) mass is 174 g/mol. The summed E-state index contributed by atoms with van der Waals surface area (Å²) in [6, 6.07) is 0. The Morgan fingerprint density at radius 2 is 2.27 bits per heavy atom. The molecule has 0 aromatic carbocycles. The van der Waals surface area contributed by atoms with E-state index >= 15 is 0 Å². The van der Waals surface area contributed by atoms with Crippen LogP contribution in [0.25, 0.3) is 0 Å². The molecule has 0 N–H and O–H groups in total. The molecular weight excluding hydrogens is 160 g/mol. The van der Waals surface area contributed by atoms with Gasteiger partial charge in [0.15, 0.2) is 0 Å². The maximum Gasteiger partial charge on any atom is 0.101 e. The van der Waals surface area contributed by atoms with Crippen molar-refractivity contribution in [3.8, 4) is 0 Å². The first-order chi connectivity index (χ1) is 5.41. The van der Waals surface area contributed by atoms with Crippen molar-refractivity contribution in [2.75, 3.05) is 31.3 Å². The minimum Gasteiger partial charge on any atom is -0.378 e. The van der Waals surface area contributed by atoms with E-state index in [0.29, 0.717) is 0 Å². The fraction of sp³-hybridized carbons (Fsp3) is 1.00. The third kappa shape index (κ3) is 1.71. The summed E-state index contributed by atoms with van der Waals surface area (Å²) < 4.78 is 11.2. The summed E-state index contributed by atoms with van der Waals surface area (Å²) in [6.45, 7) is 2.66. The van der Waals surface area contributed by atoms with Gasteiger partial charge in [0.2, 0.25) is 0 Å². The summed E-state index contributed by atoms with van der Waals surface area (Å²) in [4.78, 5) is 0. The standard InChI is InChI=1S/C8H14O2S/c1-2-8(6-9-3-1)7-11-5-4-10-8/h1-7H2. The summed E-state index contributed by atoms with van der Waals surface area (Å²) in [5.74, 6) is 2.29. The molecule has 0 saturated carbocycles. The second-order valence-corrected chi connectivity index (χ2v) is 4.35. The molecule has 2 aliphatic rings. The van der Waals surface area contributed by atoms with Gasteiger partial charge in [-0.2, -0.15) is 11.8 Å². The van der Waals surface area contributed by atoms with Crippen molar-refractivity contribution in [3.63, 3.8) is 0 Å². The van der Waals surface area contributed by atoms with Gasteiger partial charge in [0.25, 0.3) is 0 Å². The number of thioether (sulfide) groups is 1. The average Bonchev–Trinajstić information content (AvgIpc) is 2.07. The van der Waals surface area contributed by atoms with Gasteiger partial charge >= 0.3 is 0 Å². The topological polar surface area (TPSA) is 18.5 Å².